The molecule has 0 N–H and O–H groups in total. The first-order valence-corrected chi connectivity index (χ1v) is 11.1. The smallest absolute Gasteiger partial charge is 0.145 e. The molecule has 6 rings (SSSR count). The number of benzene rings is 5. The maximum atomic E-state index is 6.54. The Balaban J connectivity index is 1.73. The fourth-order valence-electron chi connectivity index (χ4n) is 5.52. The van der Waals surface area contributed by atoms with Crippen LogP contribution in [0.25, 0.3) is 33.0 Å². The van der Waals surface area contributed by atoms with Crippen molar-refractivity contribution in [3.63, 3.8) is 0 Å². The zero-order valence-electron chi connectivity index (χ0n) is 18.3. The Morgan fingerprint density at radius 3 is 1.56 bits per heavy atom. The van der Waals surface area contributed by atoms with Crippen molar-refractivity contribution in [2.75, 3.05) is 7.11 Å². The van der Waals surface area contributed by atoms with Crippen LogP contribution in [0.5, 0.6) is 0 Å². The van der Waals surface area contributed by atoms with Crippen LogP contribution < -0.4 is 0 Å². The lowest BCUT2D eigenvalue weighted by Crippen LogP contribution is -2.30. The van der Waals surface area contributed by atoms with Crippen molar-refractivity contribution >= 4 is 10.8 Å². The number of hydrogen-bond acceptors (Lipinski definition) is 1. The molecule has 0 unspecified atom stereocenters. The van der Waals surface area contributed by atoms with E-state index < -0.39 is 5.60 Å². The van der Waals surface area contributed by atoms with Gasteiger partial charge in [-0.05, 0) is 45.5 Å². The largest absolute Gasteiger partial charge is 0.364 e. The zero-order valence-corrected chi connectivity index (χ0v) is 18.3. The highest BCUT2D eigenvalue weighted by Gasteiger charge is 2.46. The molecule has 5 aromatic rings. The van der Waals surface area contributed by atoms with Crippen LogP contribution in [0.15, 0.2) is 109 Å². The van der Waals surface area contributed by atoms with Gasteiger partial charge in [-0.1, -0.05) is 109 Å². The third-order valence-electron chi connectivity index (χ3n) is 6.81. The topological polar surface area (TPSA) is 9.23 Å². The highest BCUT2D eigenvalue weighted by Crippen LogP contribution is 2.54. The summed E-state index contributed by atoms with van der Waals surface area (Å²) in [6.07, 6.45) is 0. The Hall–Kier alpha value is -3.68. The van der Waals surface area contributed by atoms with Crippen molar-refractivity contribution in [2.45, 2.75) is 12.5 Å². The summed E-state index contributed by atoms with van der Waals surface area (Å²) in [5.41, 5.74) is 9.12. The summed E-state index contributed by atoms with van der Waals surface area (Å²) in [4.78, 5) is 0. The fraction of sp³-hybridized carbons (Fsp3) is 0.0968. The average molecular weight is 413 g/mol. The predicted octanol–water partition coefficient (Wildman–Crippen LogP) is 7.73. The minimum atomic E-state index is -0.658. The van der Waals surface area contributed by atoms with Crippen LogP contribution >= 0.6 is 0 Å². The summed E-state index contributed by atoms with van der Waals surface area (Å²) in [5.74, 6) is 0. The molecule has 0 heterocycles. The molecule has 154 valence electrons. The van der Waals surface area contributed by atoms with Gasteiger partial charge in [0.25, 0.3) is 0 Å². The van der Waals surface area contributed by atoms with Gasteiger partial charge in [0.2, 0.25) is 0 Å². The first-order chi connectivity index (χ1) is 15.7. The standard InChI is InChI=1S/C31H24O/c1-21-19-22-11-3-4-12-23(22)27(20-21)26-15-7-10-18-30(26)31(32-2)28-16-8-5-13-24(28)25-14-6-9-17-29(25)31/h3-20H,1-2H3. The second-order valence-electron chi connectivity index (χ2n) is 8.56. The highest BCUT2D eigenvalue weighted by molar-refractivity contribution is 5.99. The molecule has 0 bridgehead atoms. The lowest BCUT2D eigenvalue weighted by Gasteiger charge is -2.33. The van der Waals surface area contributed by atoms with Crippen molar-refractivity contribution in [1.29, 1.82) is 0 Å². The van der Waals surface area contributed by atoms with Crippen molar-refractivity contribution in [1.82, 2.24) is 0 Å². The Morgan fingerprint density at radius 2 is 1.00 bits per heavy atom. The van der Waals surface area contributed by atoms with Crippen molar-refractivity contribution in [2.24, 2.45) is 0 Å². The molecule has 0 spiro atoms. The van der Waals surface area contributed by atoms with E-state index in [1.54, 1.807) is 0 Å². The number of aryl methyl sites for hydroxylation is 1. The van der Waals surface area contributed by atoms with Crippen molar-refractivity contribution < 1.29 is 4.74 Å². The summed E-state index contributed by atoms with van der Waals surface area (Å²) < 4.78 is 6.54. The van der Waals surface area contributed by atoms with Crippen molar-refractivity contribution in [3.8, 4) is 22.3 Å². The molecule has 32 heavy (non-hydrogen) atoms. The molecule has 1 aliphatic carbocycles. The second kappa shape index (κ2) is 7.19. The van der Waals surface area contributed by atoms with E-state index in [-0.39, 0.29) is 0 Å². The predicted molar refractivity (Wildman–Crippen MR) is 133 cm³/mol. The Labute approximate surface area is 188 Å². The first-order valence-electron chi connectivity index (χ1n) is 11.1. The molecule has 0 aliphatic heterocycles. The van der Waals surface area contributed by atoms with Crippen LogP contribution in [0.4, 0.5) is 0 Å². The van der Waals surface area contributed by atoms with Crippen LogP contribution in [0.2, 0.25) is 0 Å². The van der Waals surface area contributed by atoms with E-state index in [0.717, 1.165) is 0 Å². The lowest BCUT2D eigenvalue weighted by atomic mass is 9.79. The molecule has 1 heteroatoms. The zero-order chi connectivity index (χ0) is 21.7. The van der Waals surface area contributed by atoms with Crippen LogP contribution in [0.3, 0.4) is 0 Å². The monoisotopic (exact) mass is 412 g/mol. The van der Waals surface area contributed by atoms with Crippen molar-refractivity contribution in [3.05, 3.63) is 131 Å². The Bertz CT molecular complexity index is 1430. The van der Waals surface area contributed by atoms with Gasteiger partial charge in [-0.25, -0.2) is 0 Å². The van der Waals surface area contributed by atoms with Gasteiger partial charge in [0.1, 0.15) is 5.60 Å². The molecular weight excluding hydrogens is 388 g/mol. The lowest BCUT2D eigenvalue weighted by molar-refractivity contribution is 0.0629. The normalized spacial score (nSPS) is 13.7. The summed E-state index contributed by atoms with van der Waals surface area (Å²) in [6.45, 7) is 2.17. The molecule has 0 aromatic heterocycles. The molecule has 0 atom stereocenters. The van der Waals surface area contributed by atoms with Crippen LogP contribution in [0, 0.1) is 6.92 Å². The van der Waals surface area contributed by atoms with E-state index in [0.29, 0.717) is 0 Å². The van der Waals surface area contributed by atoms with Gasteiger partial charge < -0.3 is 4.74 Å². The molecule has 0 amide bonds. The summed E-state index contributed by atoms with van der Waals surface area (Å²) in [7, 11) is 1.84. The second-order valence-corrected chi connectivity index (χ2v) is 8.56. The minimum absolute atomic E-state index is 0.658. The third-order valence-corrected chi connectivity index (χ3v) is 6.81. The molecule has 0 saturated carbocycles. The Morgan fingerprint density at radius 1 is 0.531 bits per heavy atom. The highest BCUT2D eigenvalue weighted by atomic mass is 16.5. The molecule has 1 nitrogen and oxygen atoms in total. The Kier molecular flexibility index (Phi) is 4.28. The number of ether oxygens (including phenoxy) is 1. The summed E-state index contributed by atoms with van der Waals surface area (Å²) >= 11 is 0. The SMILES string of the molecule is COC1(c2ccccc2-c2cc(C)cc3ccccc23)c2ccccc2-c2ccccc21. The molecule has 0 saturated heterocycles. The van der Waals surface area contributed by atoms with E-state index in [4.69, 9.17) is 4.74 Å². The summed E-state index contributed by atoms with van der Waals surface area (Å²) in [6, 6.07) is 39.2. The van der Waals surface area contributed by atoms with Crippen LogP contribution in [-0.2, 0) is 10.3 Å². The average Bonchev–Trinajstić information content (AvgIpc) is 3.14. The molecule has 5 aromatic carbocycles. The van der Waals surface area contributed by atoms with Gasteiger partial charge in [0, 0.05) is 23.8 Å². The number of rotatable bonds is 3. The molecule has 0 radical (unpaired) electrons. The van der Waals surface area contributed by atoms with E-state index in [1.165, 1.54) is 55.3 Å². The van der Waals surface area contributed by atoms with E-state index >= 15 is 0 Å². The number of hydrogen-bond donors (Lipinski definition) is 0. The summed E-state index contributed by atoms with van der Waals surface area (Å²) in [5, 5.41) is 2.52. The van der Waals surface area contributed by atoms with Crippen LogP contribution in [0.1, 0.15) is 22.3 Å². The molecule has 0 fully saturated rings. The minimum Gasteiger partial charge on any atom is -0.364 e. The number of methoxy groups -OCH3 is 1. The maximum absolute atomic E-state index is 6.54. The molecule has 1 aliphatic rings. The van der Waals surface area contributed by atoms with E-state index in [1.807, 2.05) is 7.11 Å². The van der Waals surface area contributed by atoms with E-state index in [9.17, 15) is 0 Å². The maximum Gasteiger partial charge on any atom is 0.145 e. The van der Waals surface area contributed by atoms with Crippen LogP contribution in [-0.4, -0.2) is 7.11 Å². The van der Waals surface area contributed by atoms with Gasteiger partial charge in [0.15, 0.2) is 0 Å². The van der Waals surface area contributed by atoms with E-state index in [2.05, 4.69) is 116 Å². The van der Waals surface area contributed by atoms with Gasteiger partial charge in [-0.2, -0.15) is 0 Å². The van der Waals surface area contributed by atoms with Gasteiger partial charge >= 0.3 is 0 Å². The molecular formula is C31H24O. The first kappa shape index (κ1) is 19.0. The third kappa shape index (κ3) is 2.55. The quantitative estimate of drug-likeness (QED) is 0.294. The number of fused-ring (bicyclic) bond motifs is 4. The van der Waals surface area contributed by atoms with Gasteiger partial charge in [-0.15, -0.1) is 0 Å². The van der Waals surface area contributed by atoms with Gasteiger partial charge in [0.05, 0.1) is 0 Å². The fourth-order valence-corrected chi connectivity index (χ4v) is 5.52. The van der Waals surface area contributed by atoms with Gasteiger partial charge in [-0.3, -0.25) is 0 Å².